The van der Waals surface area contributed by atoms with Crippen LogP contribution in [0.3, 0.4) is 0 Å². The molecule has 114 valence electrons. The average Bonchev–Trinajstić information content (AvgIpc) is 3.09. The molecule has 2 amide bonds. The van der Waals surface area contributed by atoms with Crippen molar-refractivity contribution in [1.82, 2.24) is 10.2 Å². The van der Waals surface area contributed by atoms with Gasteiger partial charge < -0.3 is 5.32 Å². The Balaban J connectivity index is 1.53. The summed E-state index contributed by atoms with van der Waals surface area (Å²) in [4.78, 5) is 27.5. The molecule has 1 N–H and O–H groups in total. The Morgan fingerprint density at radius 3 is 2.76 bits per heavy atom. The summed E-state index contributed by atoms with van der Waals surface area (Å²) in [6.07, 6.45) is 6.73. The molecule has 1 aliphatic carbocycles. The van der Waals surface area contributed by atoms with Crippen molar-refractivity contribution < 1.29 is 9.59 Å². The molecule has 0 aromatic carbocycles. The van der Waals surface area contributed by atoms with Crippen molar-refractivity contribution in [2.45, 2.75) is 57.0 Å². The van der Waals surface area contributed by atoms with Gasteiger partial charge in [-0.2, -0.15) is 0 Å². The van der Waals surface area contributed by atoms with Gasteiger partial charge in [0.15, 0.2) is 0 Å². The smallest absolute Gasteiger partial charge is 0.247 e. The van der Waals surface area contributed by atoms with Gasteiger partial charge in [-0.05, 0) is 30.7 Å². The van der Waals surface area contributed by atoms with Crippen LogP contribution in [0.2, 0.25) is 0 Å². The maximum absolute atomic E-state index is 12.5. The molecule has 1 unspecified atom stereocenters. The molecule has 1 atom stereocenters. The number of rotatable bonds is 5. The summed E-state index contributed by atoms with van der Waals surface area (Å²) in [6, 6.07) is 3.99. The first-order chi connectivity index (χ1) is 10.3. The van der Waals surface area contributed by atoms with Gasteiger partial charge in [0.2, 0.25) is 11.8 Å². The molecule has 2 aliphatic rings. The van der Waals surface area contributed by atoms with E-state index in [1.807, 2.05) is 6.07 Å². The summed E-state index contributed by atoms with van der Waals surface area (Å²) in [5, 5.41) is 5.32. The number of nitrogens with zero attached hydrogens (tertiary/aromatic N) is 1. The molecule has 0 radical (unpaired) electrons. The van der Waals surface area contributed by atoms with Crippen molar-refractivity contribution in [3.63, 3.8) is 0 Å². The van der Waals surface area contributed by atoms with E-state index in [-0.39, 0.29) is 23.9 Å². The van der Waals surface area contributed by atoms with Gasteiger partial charge in [0.25, 0.3) is 0 Å². The first-order valence-corrected chi connectivity index (χ1v) is 8.75. The van der Waals surface area contributed by atoms with Crippen molar-refractivity contribution in [3.8, 4) is 0 Å². The third-order valence-electron chi connectivity index (χ3n) is 4.47. The zero-order chi connectivity index (χ0) is 14.7. The van der Waals surface area contributed by atoms with E-state index in [4.69, 9.17) is 0 Å². The van der Waals surface area contributed by atoms with E-state index in [0.717, 1.165) is 38.6 Å². The van der Waals surface area contributed by atoms with Crippen LogP contribution in [0, 0.1) is 0 Å². The van der Waals surface area contributed by atoms with Crippen LogP contribution in [0.25, 0.3) is 0 Å². The molecule has 0 spiro atoms. The molecule has 1 aromatic heterocycles. The number of amides is 2. The second kappa shape index (κ2) is 6.71. The minimum absolute atomic E-state index is 0.00178. The van der Waals surface area contributed by atoms with Crippen LogP contribution >= 0.6 is 11.3 Å². The van der Waals surface area contributed by atoms with Gasteiger partial charge in [0, 0.05) is 17.5 Å². The summed E-state index contributed by atoms with van der Waals surface area (Å²) in [7, 11) is 0. The highest BCUT2D eigenvalue weighted by Crippen LogP contribution is 2.27. The van der Waals surface area contributed by atoms with Gasteiger partial charge in [-0.1, -0.05) is 25.3 Å². The topological polar surface area (TPSA) is 49.4 Å². The lowest BCUT2D eigenvalue weighted by atomic mass is 9.94. The van der Waals surface area contributed by atoms with Gasteiger partial charge in [-0.15, -0.1) is 11.3 Å². The molecular weight excluding hydrogens is 284 g/mol. The van der Waals surface area contributed by atoms with Crippen molar-refractivity contribution in [3.05, 3.63) is 22.4 Å². The maximum Gasteiger partial charge on any atom is 0.247 e. The minimum atomic E-state index is -0.306. The molecule has 3 rings (SSSR count). The maximum atomic E-state index is 12.5. The van der Waals surface area contributed by atoms with E-state index < -0.39 is 0 Å². The average molecular weight is 306 g/mol. The SMILES string of the molecule is O=C1CC(NCCc2cccs2)C(=O)N1C1CCCCC1. The van der Waals surface area contributed by atoms with Crippen molar-refractivity contribution in [1.29, 1.82) is 0 Å². The lowest BCUT2D eigenvalue weighted by Crippen LogP contribution is -2.45. The lowest BCUT2D eigenvalue weighted by molar-refractivity contribution is -0.142. The molecule has 1 aromatic rings. The van der Waals surface area contributed by atoms with Crippen LogP contribution in [-0.2, 0) is 16.0 Å². The monoisotopic (exact) mass is 306 g/mol. The number of likely N-dealkylation sites (tertiary alicyclic amines) is 1. The van der Waals surface area contributed by atoms with Crippen LogP contribution in [0.4, 0.5) is 0 Å². The third kappa shape index (κ3) is 3.35. The van der Waals surface area contributed by atoms with Crippen LogP contribution in [0.1, 0.15) is 43.4 Å². The number of hydrogen-bond donors (Lipinski definition) is 1. The second-order valence-corrected chi connectivity index (χ2v) is 6.97. The number of hydrogen-bond acceptors (Lipinski definition) is 4. The first kappa shape index (κ1) is 14.7. The quantitative estimate of drug-likeness (QED) is 0.850. The molecule has 1 saturated carbocycles. The summed E-state index contributed by atoms with van der Waals surface area (Å²) in [5.74, 6) is 0.0126. The Labute approximate surface area is 129 Å². The van der Waals surface area contributed by atoms with E-state index in [1.165, 1.54) is 11.3 Å². The van der Waals surface area contributed by atoms with E-state index >= 15 is 0 Å². The number of imide groups is 1. The Bertz CT molecular complexity index is 494. The highest BCUT2D eigenvalue weighted by molar-refractivity contribution is 7.09. The summed E-state index contributed by atoms with van der Waals surface area (Å²) < 4.78 is 0. The minimum Gasteiger partial charge on any atom is -0.305 e. The highest BCUT2D eigenvalue weighted by atomic mass is 32.1. The summed E-state index contributed by atoms with van der Waals surface area (Å²) >= 11 is 1.73. The highest BCUT2D eigenvalue weighted by Gasteiger charge is 2.42. The predicted molar refractivity (Wildman–Crippen MR) is 83.2 cm³/mol. The zero-order valence-corrected chi connectivity index (χ0v) is 13.0. The zero-order valence-electron chi connectivity index (χ0n) is 12.2. The standard InChI is InChI=1S/C16H22N2O2S/c19-15-11-14(17-9-8-13-7-4-10-21-13)16(20)18(15)12-5-2-1-3-6-12/h4,7,10,12,14,17H,1-3,5-6,8-9,11H2. The van der Waals surface area contributed by atoms with Crippen molar-refractivity contribution in [2.75, 3.05) is 6.54 Å². The van der Waals surface area contributed by atoms with Gasteiger partial charge >= 0.3 is 0 Å². The molecule has 4 nitrogen and oxygen atoms in total. The Kier molecular flexibility index (Phi) is 4.70. The summed E-state index contributed by atoms with van der Waals surface area (Å²) in [6.45, 7) is 0.753. The number of carbonyl (C=O) groups is 2. The normalized spacial score (nSPS) is 24.0. The lowest BCUT2D eigenvalue weighted by Gasteiger charge is -2.29. The molecule has 0 bridgehead atoms. The number of carbonyl (C=O) groups excluding carboxylic acids is 2. The predicted octanol–water partition coefficient (Wildman–Crippen LogP) is 2.34. The van der Waals surface area contributed by atoms with Gasteiger partial charge in [0.05, 0.1) is 12.5 Å². The largest absolute Gasteiger partial charge is 0.305 e. The molecule has 2 heterocycles. The molecule has 21 heavy (non-hydrogen) atoms. The first-order valence-electron chi connectivity index (χ1n) is 7.87. The third-order valence-corrected chi connectivity index (χ3v) is 5.40. The van der Waals surface area contributed by atoms with Crippen LogP contribution in [0.15, 0.2) is 17.5 Å². The van der Waals surface area contributed by atoms with Gasteiger partial charge in [-0.25, -0.2) is 0 Å². The van der Waals surface area contributed by atoms with Gasteiger partial charge in [0.1, 0.15) is 0 Å². The number of thiophene rings is 1. The molecule has 1 saturated heterocycles. The fourth-order valence-electron chi connectivity index (χ4n) is 3.36. The molecule has 1 aliphatic heterocycles. The fraction of sp³-hybridized carbons (Fsp3) is 0.625. The molecular formula is C16H22N2O2S. The Morgan fingerprint density at radius 2 is 2.05 bits per heavy atom. The van der Waals surface area contributed by atoms with Gasteiger partial charge in [-0.3, -0.25) is 14.5 Å². The van der Waals surface area contributed by atoms with E-state index in [2.05, 4.69) is 16.8 Å². The molecule has 2 fully saturated rings. The van der Waals surface area contributed by atoms with Crippen molar-refractivity contribution in [2.24, 2.45) is 0 Å². The molecule has 5 heteroatoms. The second-order valence-electron chi connectivity index (χ2n) is 5.93. The Hall–Kier alpha value is -1.20. The van der Waals surface area contributed by atoms with E-state index in [9.17, 15) is 9.59 Å². The fourth-order valence-corrected chi connectivity index (χ4v) is 4.07. The summed E-state index contributed by atoms with van der Waals surface area (Å²) in [5.41, 5.74) is 0. The number of nitrogens with one attached hydrogen (secondary N) is 1. The van der Waals surface area contributed by atoms with Crippen LogP contribution in [0.5, 0.6) is 0 Å². The van der Waals surface area contributed by atoms with Crippen LogP contribution in [-0.4, -0.2) is 35.3 Å². The van der Waals surface area contributed by atoms with E-state index in [1.54, 1.807) is 16.2 Å². The van der Waals surface area contributed by atoms with Crippen molar-refractivity contribution >= 4 is 23.2 Å². The van der Waals surface area contributed by atoms with E-state index in [0.29, 0.717) is 6.42 Å². The van der Waals surface area contributed by atoms with Crippen LogP contribution < -0.4 is 5.32 Å². The Morgan fingerprint density at radius 1 is 1.24 bits per heavy atom.